The molecule has 0 heterocycles. The van der Waals surface area contributed by atoms with Crippen LogP contribution < -0.4 is 51.4 Å². The van der Waals surface area contributed by atoms with Crippen LogP contribution >= 0.6 is 9.90 Å². The maximum atomic E-state index is 8.36. The molecule has 0 aliphatic carbocycles. The van der Waals surface area contributed by atoms with Gasteiger partial charge in [-0.1, -0.05) is 0 Å². The van der Waals surface area contributed by atoms with Gasteiger partial charge in [0, 0.05) is 0 Å². The van der Waals surface area contributed by atoms with E-state index in [9.17, 15) is 0 Å². The van der Waals surface area contributed by atoms with Crippen LogP contribution in [0.1, 0.15) is 0 Å². The van der Waals surface area contributed by atoms with Crippen LogP contribution in [-0.2, 0) is 0 Å². The van der Waals surface area contributed by atoms with Crippen molar-refractivity contribution in [2.75, 3.05) is 0 Å². The van der Waals surface area contributed by atoms with Crippen LogP contribution in [0.25, 0.3) is 0 Å². The standard InChI is InChI=1S/Ca.K.Mg.3HNO3.5NO3.H3P/c;;;8*2-1(3)4;/h;;;3*(H,2,3,4);;;;;;1H3/q+2;+1;+2;;;;5*-1;. The molecule has 36 heteroatoms. The molecule has 0 fully saturated rings. The fourth-order valence-electron chi connectivity index (χ4n) is 0. The summed E-state index contributed by atoms with van der Waals surface area (Å²) in [5, 5.41) is 115. The molecule has 1 atom stereocenters. The van der Waals surface area contributed by atoms with E-state index in [1.54, 1.807) is 0 Å². The third kappa shape index (κ3) is 5610. The summed E-state index contributed by atoms with van der Waals surface area (Å²) in [6.45, 7) is 0. The Morgan fingerprint density at radius 1 is 0.361 bits per heavy atom. The molecule has 0 rings (SSSR count). The third-order valence-electron chi connectivity index (χ3n) is 0. The van der Waals surface area contributed by atoms with Gasteiger partial charge in [0.25, 0.3) is 15.3 Å². The molecule has 0 aliphatic heterocycles. The summed E-state index contributed by atoms with van der Waals surface area (Å²) in [4.78, 5) is 66.3. The van der Waals surface area contributed by atoms with Gasteiger partial charge in [-0.3, -0.25) is 0 Å². The predicted octanol–water partition coefficient (Wildman–Crippen LogP) is -5.94. The van der Waals surface area contributed by atoms with E-state index in [1.165, 1.54) is 0 Å². The summed E-state index contributed by atoms with van der Waals surface area (Å²) in [6, 6.07) is 0. The molecule has 32 nitrogen and oxygen atoms in total. The van der Waals surface area contributed by atoms with Gasteiger partial charge >= 0.3 is 112 Å². The van der Waals surface area contributed by atoms with Crippen molar-refractivity contribution in [3.8, 4) is 0 Å². The van der Waals surface area contributed by atoms with Gasteiger partial charge in [-0.15, -0.1) is 30.3 Å². The van der Waals surface area contributed by atoms with Gasteiger partial charge in [-0.05, 0) is 0 Å². The average Bonchev–Trinajstić information content (AvgIpc) is 2.30. The molecule has 36 heavy (non-hydrogen) atoms. The van der Waals surface area contributed by atoms with Gasteiger partial charge in [0.1, 0.15) is 0 Å². The summed E-state index contributed by atoms with van der Waals surface area (Å²) in [5.74, 6) is 0. The van der Waals surface area contributed by atoms with Gasteiger partial charge in [-0.2, -0.15) is 9.90 Å². The third-order valence-corrected chi connectivity index (χ3v) is 0. The van der Waals surface area contributed by atoms with Crippen molar-refractivity contribution in [3.63, 3.8) is 0 Å². The van der Waals surface area contributed by atoms with Crippen LogP contribution in [0.4, 0.5) is 0 Å². The smallest absolute Gasteiger partial charge is 0.356 e. The maximum absolute atomic E-state index is 8.36. The molecule has 0 aromatic rings. The summed E-state index contributed by atoms with van der Waals surface area (Å²) in [7, 11) is 0. The Hall–Kier alpha value is -2.31. The maximum Gasteiger partial charge on any atom is 2.00 e. The van der Waals surface area contributed by atoms with Crippen LogP contribution in [0.3, 0.4) is 0 Å². The molecule has 0 aliphatic rings. The Bertz CT molecular complexity index is 380. The van der Waals surface area contributed by atoms with Crippen molar-refractivity contribution in [1.29, 1.82) is 0 Å². The fraction of sp³-hybridized carbons (Fsp3) is 0. The molecule has 0 saturated heterocycles. The van der Waals surface area contributed by atoms with E-state index >= 15 is 0 Å². The zero-order valence-corrected chi connectivity index (χ0v) is 24.8. The molecule has 0 aromatic carbocycles. The first-order chi connectivity index (χ1) is 13.9. The average molecular weight is 637 g/mol. The molecular weight excluding hydrogens is 630 g/mol. The fourth-order valence-corrected chi connectivity index (χ4v) is 0. The summed E-state index contributed by atoms with van der Waals surface area (Å²) in [5.41, 5.74) is 0. The first-order valence-electron chi connectivity index (χ1n) is 4.43. The van der Waals surface area contributed by atoms with E-state index in [1.807, 2.05) is 0 Å². The molecule has 0 radical (unpaired) electrons. The second-order valence-corrected chi connectivity index (χ2v) is 1.83. The van der Waals surface area contributed by atoms with Gasteiger partial charge < -0.3 is 92.2 Å². The van der Waals surface area contributed by atoms with E-state index in [0.717, 1.165) is 0 Å². The van der Waals surface area contributed by atoms with Crippen molar-refractivity contribution < 1.29 is 108 Å². The first kappa shape index (κ1) is 76.5. The Morgan fingerprint density at radius 3 is 0.361 bits per heavy atom. The Kier molecular flexibility index (Phi) is 148. The quantitative estimate of drug-likeness (QED) is 0.0963. The molecule has 0 spiro atoms. The van der Waals surface area contributed by atoms with Crippen LogP contribution in [0.2, 0.25) is 0 Å². The predicted molar refractivity (Wildman–Crippen MR) is 101 cm³/mol. The van der Waals surface area contributed by atoms with Crippen molar-refractivity contribution in [2.45, 2.75) is 0 Å². The van der Waals surface area contributed by atoms with Crippen LogP contribution in [-0.4, -0.2) is 117 Å². The van der Waals surface area contributed by atoms with Crippen molar-refractivity contribution in [2.24, 2.45) is 0 Å². The van der Waals surface area contributed by atoms with Crippen molar-refractivity contribution in [3.05, 3.63) is 107 Å². The van der Waals surface area contributed by atoms with Gasteiger partial charge in [0.2, 0.25) is 0 Å². The van der Waals surface area contributed by atoms with E-state index < -0.39 is 40.7 Å². The minimum absolute atomic E-state index is 0. The molecule has 0 saturated carbocycles. The SMILES string of the molecule is O=[N+]([O-])O.O=[N+]([O-])O.O=[N+]([O-])O.O=[N+]([O-])[O-].O=[N+]([O-])[O-].O=[N+]([O-])[O-].O=[N+]([O-])[O-].O=[N+]([O-])[O-].P.[Ca+2].[K+].[Mg+2]. The second-order valence-electron chi connectivity index (χ2n) is 1.83. The minimum atomic E-state index is -1.75. The van der Waals surface area contributed by atoms with E-state index in [2.05, 4.69) is 0 Å². The van der Waals surface area contributed by atoms with Crippen LogP contribution in [0.5, 0.6) is 0 Å². The van der Waals surface area contributed by atoms with Crippen molar-refractivity contribution in [1.82, 2.24) is 0 Å². The first-order valence-corrected chi connectivity index (χ1v) is 4.43. The molecule has 200 valence electrons. The molecule has 3 N–H and O–H groups in total. The Labute approximate surface area is 282 Å². The van der Waals surface area contributed by atoms with Crippen molar-refractivity contribution >= 4 is 70.7 Å². The van der Waals surface area contributed by atoms with Gasteiger partial charge in [0.15, 0.2) is 0 Å². The zero-order chi connectivity index (χ0) is 28.6. The second kappa shape index (κ2) is 69.8. The van der Waals surface area contributed by atoms with Crippen LogP contribution in [0.15, 0.2) is 0 Å². The molecule has 0 aromatic heterocycles. The Balaban J connectivity index is -0.0000000180. The normalized spacial score (nSPS) is 5.33. The minimum Gasteiger partial charge on any atom is -0.356 e. The van der Waals surface area contributed by atoms with E-state index in [4.69, 9.17) is 123 Å². The number of hydrogen-bond donors (Lipinski definition) is 3. The van der Waals surface area contributed by atoms with Crippen LogP contribution in [0, 0.1) is 107 Å². The number of rotatable bonds is 0. The topological polar surface area (TPSA) is 521 Å². The summed E-state index contributed by atoms with van der Waals surface area (Å²) in [6.07, 6.45) is 0. The Morgan fingerprint density at radius 2 is 0.361 bits per heavy atom. The molecule has 0 amide bonds. The number of nitrogens with zero attached hydrogens (tertiary/aromatic N) is 8. The van der Waals surface area contributed by atoms with E-state index in [0.29, 0.717) is 0 Å². The number of hydrogen-bond acceptors (Lipinski definition) is 21. The molecular formula is H6CaKMgN8O24P. The molecule has 1 unspecified atom stereocenters. The summed E-state index contributed by atoms with van der Waals surface area (Å²) < 4.78 is 0. The zero-order valence-electron chi connectivity index (χ0n) is 16.6. The van der Waals surface area contributed by atoms with Gasteiger partial charge in [0.05, 0.1) is 25.4 Å². The molecule has 0 bridgehead atoms. The largest absolute Gasteiger partial charge is 2.00 e. The van der Waals surface area contributed by atoms with E-state index in [-0.39, 0.29) is 122 Å². The van der Waals surface area contributed by atoms with Gasteiger partial charge in [-0.25, -0.2) is 0 Å². The summed E-state index contributed by atoms with van der Waals surface area (Å²) >= 11 is 0. The monoisotopic (exact) mass is 636 g/mol.